The van der Waals surface area contributed by atoms with Gasteiger partial charge in [-0.1, -0.05) is 20.3 Å². The van der Waals surface area contributed by atoms with Crippen molar-refractivity contribution in [2.75, 3.05) is 6.61 Å². The van der Waals surface area contributed by atoms with Crippen LogP contribution in [0.15, 0.2) is 0 Å². The fourth-order valence-corrected chi connectivity index (χ4v) is 1.46. The Kier molecular flexibility index (Phi) is 10.1. The Morgan fingerprint density at radius 2 is 1.56 bits per heavy atom. The van der Waals surface area contributed by atoms with Crippen molar-refractivity contribution in [1.29, 1.82) is 0 Å². The van der Waals surface area contributed by atoms with Crippen LogP contribution in [-0.2, 0) is 14.3 Å². The van der Waals surface area contributed by atoms with Crippen molar-refractivity contribution < 1.29 is 14.3 Å². The van der Waals surface area contributed by atoms with Gasteiger partial charge in [-0.15, -0.1) is 0 Å². The number of carbonyl (C=O) groups is 2. The molecule has 0 aromatic heterocycles. The van der Waals surface area contributed by atoms with Crippen LogP contribution in [0.5, 0.6) is 0 Å². The first-order chi connectivity index (χ1) is 7.70. The number of hydrogen-bond donors (Lipinski definition) is 0. The molecule has 3 heteroatoms. The highest BCUT2D eigenvalue weighted by molar-refractivity contribution is 5.78. The van der Waals surface area contributed by atoms with Gasteiger partial charge in [-0.3, -0.25) is 9.59 Å². The highest BCUT2D eigenvalue weighted by Gasteiger charge is 2.03. The first kappa shape index (κ1) is 15.1. The first-order valence-corrected chi connectivity index (χ1v) is 6.38. The summed E-state index contributed by atoms with van der Waals surface area (Å²) in [5.41, 5.74) is 0. The van der Waals surface area contributed by atoms with Crippen molar-refractivity contribution in [3.05, 3.63) is 0 Å². The number of hydrogen-bond acceptors (Lipinski definition) is 3. The summed E-state index contributed by atoms with van der Waals surface area (Å²) in [5.74, 6) is 0.234. The van der Waals surface area contributed by atoms with E-state index in [0.29, 0.717) is 31.7 Å². The van der Waals surface area contributed by atoms with Crippen LogP contribution < -0.4 is 0 Å². The molecule has 0 fully saturated rings. The number of unbranched alkanes of at least 4 members (excludes halogenated alkanes) is 2. The number of esters is 1. The number of carbonyl (C=O) groups excluding carboxylic acids is 2. The molecule has 0 radical (unpaired) electrons. The van der Waals surface area contributed by atoms with E-state index in [2.05, 4.69) is 0 Å². The molecule has 16 heavy (non-hydrogen) atoms. The minimum absolute atomic E-state index is 0.110. The van der Waals surface area contributed by atoms with Crippen molar-refractivity contribution in [1.82, 2.24) is 0 Å². The Hall–Kier alpha value is -0.860. The van der Waals surface area contributed by atoms with Crippen molar-refractivity contribution in [2.24, 2.45) is 0 Å². The molecule has 94 valence electrons. The van der Waals surface area contributed by atoms with Crippen LogP contribution in [0.25, 0.3) is 0 Å². The molecule has 0 heterocycles. The van der Waals surface area contributed by atoms with Gasteiger partial charge in [0.15, 0.2) is 0 Å². The molecular weight excluding hydrogens is 204 g/mol. The van der Waals surface area contributed by atoms with E-state index >= 15 is 0 Å². The van der Waals surface area contributed by atoms with Crippen molar-refractivity contribution >= 4 is 11.8 Å². The van der Waals surface area contributed by atoms with Gasteiger partial charge in [-0.05, 0) is 25.7 Å². The predicted molar refractivity (Wildman–Crippen MR) is 64.3 cm³/mol. The van der Waals surface area contributed by atoms with E-state index in [9.17, 15) is 9.59 Å². The number of ether oxygens (including phenoxy) is 1. The third-order valence-corrected chi connectivity index (χ3v) is 2.33. The summed E-state index contributed by atoms with van der Waals surface area (Å²) >= 11 is 0. The Labute approximate surface area is 98.6 Å². The smallest absolute Gasteiger partial charge is 0.305 e. The van der Waals surface area contributed by atoms with Gasteiger partial charge in [0.2, 0.25) is 0 Å². The molecular formula is C13H24O3. The molecule has 0 atom stereocenters. The largest absolute Gasteiger partial charge is 0.466 e. The van der Waals surface area contributed by atoms with E-state index in [4.69, 9.17) is 4.74 Å². The van der Waals surface area contributed by atoms with E-state index in [1.807, 2.05) is 13.8 Å². The van der Waals surface area contributed by atoms with E-state index < -0.39 is 0 Å². The van der Waals surface area contributed by atoms with Crippen molar-refractivity contribution in [3.8, 4) is 0 Å². The molecule has 0 N–H and O–H groups in total. The monoisotopic (exact) mass is 228 g/mol. The zero-order valence-corrected chi connectivity index (χ0v) is 10.6. The second kappa shape index (κ2) is 10.7. The predicted octanol–water partition coefficient (Wildman–Crippen LogP) is 3.26. The molecule has 0 spiro atoms. The van der Waals surface area contributed by atoms with Gasteiger partial charge in [0.1, 0.15) is 5.78 Å². The summed E-state index contributed by atoms with van der Waals surface area (Å²) < 4.78 is 4.95. The van der Waals surface area contributed by atoms with Crippen LogP contribution in [0.1, 0.15) is 65.2 Å². The number of Topliss-reactive ketones (excluding diaryl/α,β-unsaturated/α-hetero) is 1. The van der Waals surface area contributed by atoms with Gasteiger partial charge in [0.25, 0.3) is 0 Å². The molecule has 0 amide bonds. The topological polar surface area (TPSA) is 43.4 Å². The van der Waals surface area contributed by atoms with Gasteiger partial charge in [0, 0.05) is 19.3 Å². The molecule has 0 saturated carbocycles. The summed E-state index contributed by atoms with van der Waals surface area (Å²) in [6.45, 7) is 4.52. The summed E-state index contributed by atoms with van der Waals surface area (Å²) in [7, 11) is 0. The van der Waals surface area contributed by atoms with E-state index in [0.717, 1.165) is 32.1 Å². The van der Waals surface area contributed by atoms with E-state index in [-0.39, 0.29) is 5.97 Å². The van der Waals surface area contributed by atoms with E-state index in [1.165, 1.54) is 0 Å². The zero-order valence-electron chi connectivity index (χ0n) is 10.6. The fourth-order valence-electron chi connectivity index (χ4n) is 1.46. The molecule has 0 aliphatic rings. The van der Waals surface area contributed by atoms with Crippen LogP contribution >= 0.6 is 0 Å². The molecule has 0 aliphatic heterocycles. The Balaban J connectivity index is 3.26. The average Bonchev–Trinajstić information content (AvgIpc) is 2.26. The molecule has 0 aromatic carbocycles. The molecule has 0 saturated heterocycles. The fraction of sp³-hybridized carbons (Fsp3) is 0.846. The Morgan fingerprint density at radius 1 is 0.875 bits per heavy atom. The van der Waals surface area contributed by atoms with Gasteiger partial charge >= 0.3 is 5.97 Å². The summed E-state index contributed by atoms with van der Waals surface area (Å²) in [6, 6.07) is 0. The lowest BCUT2D eigenvalue weighted by Crippen LogP contribution is -2.05. The lowest BCUT2D eigenvalue weighted by atomic mass is 10.1. The molecule has 0 bridgehead atoms. The van der Waals surface area contributed by atoms with Crippen LogP contribution in [0.2, 0.25) is 0 Å². The standard InChI is InChI=1S/C13H24O3/c1-3-8-12(14)9-6-5-7-10-13(15)16-11-4-2/h3-11H2,1-2H3. The minimum Gasteiger partial charge on any atom is -0.466 e. The molecule has 0 rings (SSSR count). The highest BCUT2D eigenvalue weighted by atomic mass is 16.5. The minimum atomic E-state index is -0.110. The number of ketones is 1. The molecule has 0 aliphatic carbocycles. The maximum Gasteiger partial charge on any atom is 0.305 e. The lowest BCUT2D eigenvalue weighted by Gasteiger charge is -2.02. The molecule has 3 nitrogen and oxygen atoms in total. The average molecular weight is 228 g/mol. The molecule has 0 aromatic rings. The third kappa shape index (κ3) is 9.69. The number of rotatable bonds is 10. The zero-order chi connectivity index (χ0) is 12.2. The van der Waals surface area contributed by atoms with Gasteiger partial charge in [0.05, 0.1) is 6.61 Å². The Morgan fingerprint density at radius 3 is 2.19 bits per heavy atom. The third-order valence-electron chi connectivity index (χ3n) is 2.33. The maximum absolute atomic E-state index is 11.2. The highest BCUT2D eigenvalue weighted by Crippen LogP contribution is 2.06. The normalized spacial score (nSPS) is 10.1. The quantitative estimate of drug-likeness (QED) is 0.426. The summed E-state index contributed by atoms with van der Waals surface area (Å²) in [4.78, 5) is 22.3. The van der Waals surface area contributed by atoms with Crippen molar-refractivity contribution in [3.63, 3.8) is 0 Å². The van der Waals surface area contributed by atoms with E-state index in [1.54, 1.807) is 0 Å². The van der Waals surface area contributed by atoms with Gasteiger partial charge in [-0.2, -0.15) is 0 Å². The molecule has 0 unspecified atom stereocenters. The summed E-state index contributed by atoms with van der Waals surface area (Å²) in [6.07, 6.45) is 6.33. The van der Waals surface area contributed by atoms with Crippen LogP contribution in [0.3, 0.4) is 0 Å². The first-order valence-electron chi connectivity index (χ1n) is 6.38. The SMILES string of the molecule is CCCOC(=O)CCCCCC(=O)CCC. The van der Waals surface area contributed by atoms with Crippen LogP contribution in [0, 0.1) is 0 Å². The Bertz CT molecular complexity index is 199. The van der Waals surface area contributed by atoms with Crippen molar-refractivity contribution in [2.45, 2.75) is 65.2 Å². The summed E-state index contributed by atoms with van der Waals surface area (Å²) in [5, 5.41) is 0. The maximum atomic E-state index is 11.2. The second-order valence-electron chi connectivity index (χ2n) is 4.07. The van der Waals surface area contributed by atoms with Gasteiger partial charge in [-0.25, -0.2) is 0 Å². The van der Waals surface area contributed by atoms with Crippen LogP contribution in [0.4, 0.5) is 0 Å². The second-order valence-corrected chi connectivity index (χ2v) is 4.07. The van der Waals surface area contributed by atoms with Crippen LogP contribution in [-0.4, -0.2) is 18.4 Å². The van der Waals surface area contributed by atoms with Gasteiger partial charge < -0.3 is 4.74 Å². The lowest BCUT2D eigenvalue weighted by molar-refractivity contribution is -0.143.